The predicted octanol–water partition coefficient (Wildman–Crippen LogP) is 5.41. The Balaban J connectivity index is 1.78. The first-order valence-corrected chi connectivity index (χ1v) is 12.4. The van der Waals surface area contributed by atoms with Crippen molar-refractivity contribution in [2.75, 3.05) is 19.7 Å². The Morgan fingerprint density at radius 1 is 1.19 bits per heavy atom. The first-order valence-electron chi connectivity index (χ1n) is 11.5. The molecule has 0 radical (unpaired) electrons. The molecule has 2 aromatic rings. The molecule has 0 saturated heterocycles. The molecule has 1 aliphatic rings. The van der Waals surface area contributed by atoms with E-state index in [1.807, 2.05) is 44.7 Å². The first kappa shape index (κ1) is 24.3. The van der Waals surface area contributed by atoms with E-state index in [2.05, 4.69) is 37.4 Å². The molecule has 2 amide bonds. The van der Waals surface area contributed by atoms with Gasteiger partial charge in [0.05, 0.1) is 6.04 Å². The number of rotatable bonds is 7. The number of hydrogen-bond acceptors (Lipinski definition) is 4. The molecular weight excluding hydrogens is 420 g/mol. The van der Waals surface area contributed by atoms with E-state index >= 15 is 0 Å². The lowest BCUT2D eigenvalue weighted by molar-refractivity contribution is -0.146. The van der Waals surface area contributed by atoms with E-state index in [1.54, 1.807) is 16.2 Å². The highest BCUT2D eigenvalue weighted by atomic mass is 32.1. The van der Waals surface area contributed by atoms with Crippen LogP contribution in [-0.4, -0.2) is 46.8 Å². The molecule has 0 fully saturated rings. The second-order valence-electron chi connectivity index (χ2n) is 9.69. The molecule has 174 valence electrons. The van der Waals surface area contributed by atoms with Gasteiger partial charge in [-0.3, -0.25) is 9.59 Å². The maximum absolute atomic E-state index is 13.4. The average Bonchev–Trinajstić information content (AvgIpc) is 3.23. The minimum Gasteiger partial charge on any atom is -0.491 e. The second kappa shape index (κ2) is 10.1. The fourth-order valence-corrected chi connectivity index (χ4v) is 5.04. The highest BCUT2D eigenvalue weighted by Gasteiger charge is 2.35. The van der Waals surface area contributed by atoms with Gasteiger partial charge in [0.15, 0.2) is 0 Å². The predicted molar refractivity (Wildman–Crippen MR) is 130 cm³/mol. The number of fused-ring (bicyclic) bond motifs is 1. The van der Waals surface area contributed by atoms with Crippen LogP contribution in [0.25, 0.3) is 0 Å². The quantitative estimate of drug-likeness (QED) is 0.559. The zero-order chi connectivity index (χ0) is 23.5. The third-order valence-electron chi connectivity index (χ3n) is 6.08. The van der Waals surface area contributed by atoms with Crippen molar-refractivity contribution < 1.29 is 14.3 Å². The summed E-state index contributed by atoms with van der Waals surface area (Å²) in [5.41, 5.74) is 2.03. The molecule has 0 saturated carbocycles. The molecule has 0 N–H and O–H groups in total. The Hall–Kier alpha value is -2.34. The Morgan fingerprint density at radius 3 is 2.47 bits per heavy atom. The molecule has 1 atom stereocenters. The number of hydrogen-bond donors (Lipinski definition) is 0. The number of amides is 2. The van der Waals surface area contributed by atoms with Gasteiger partial charge < -0.3 is 14.5 Å². The Kier molecular flexibility index (Phi) is 7.65. The van der Waals surface area contributed by atoms with Crippen LogP contribution in [0.4, 0.5) is 0 Å². The summed E-state index contributed by atoms with van der Waals surface area (Å²) in [7, 11) is 0. The topological polar surface area (TPSA) is 49.9 Å². The second-order valence-corrected chi connectivity index (χ2v) is 10.7. The summed E-state index contributed by atoms with van der Waals surface area (Å²) in [6, 6.07) is 10.1. The zero-order valence-electron chi connectivity index (χ0n) is 20.2. The van der Waals surface area contributed by atoms with Crippen LogP contribution in [0.1, 0.15) is 75.9 Å². The van der Waals surface area contributed by atoms with E-state index in [0.717, 1.165) is 17.7 Å². The SMILES string of the molecule is CCC(=O)N(CC(=O)N1CCc2sccc2[C@@H]1COc1ccc(C(C)C)cc1)C(C)(C)C. The lowest BCUT2D eigenvalue weighted by Crippen LogP contribution is -2.53. The van der Waals surface area contributed by atoms with Crippen molar-refractivity contribution in [2.24, 2.45) is 0 Å². The molecule has 0 spiro atoms. The van der Waals surface area contributed by atoms with Crippen LogP contribution in [0.3, 0.4) is 0 Å². The third-order valence-corrected chi connectivity index (χ3v) is 7.07. The van der Waals surface area contributed by atoms with E-state index in [9.17, 15) is 9.59 Å². The number of carbonyl (C=O) groups excluding carboxylic acids is 2. The normalized spacial score (nSPS) is 16.1. The van der Waals surface area contributed by atoms with Crippen molar-refractivity contribution in [3.63, 3.8) is 0 Å². The summed E-state index contributed by atoms with van der Waals surface area (Å²) in [6.07, 6.45) is 1.23. The van der Waals surface area contributed by atoms with Crippen molar-refractivity contribution in [2.45, 2.75) is 71.9 Å². The summed E-state index contributed by atoms with van der Waals surface area (Å²) < 4.78 is 6.16. The average molecular weight is 457 g/mol. The monoisotopic (exact) mass is 456 g/mol. The van der Waals surface area contributed by atoms with Gasteiger partial charge in [-0.2, -0.15) is 0 Å². The van der Waals surface area contributed by atoms with Crippen LogP contribution in [0.5, 0.6) is 5.75 Å². The van der Waals surface area contributed by atoms with Gasteiger partial charge in [-0.25, -0.2) is 0 Å². The van der Waals surface area contributed by atoms with Gasteiger partial charge in [-0.05, 0) is 67.8 Å². The molecule has 1 aliphatic heterocycles. The summed E-state index contributed by atoms with van der Waals surface area (Å²) in [5.74, 6) is 1.25. The molecule has 1 aromatic heterocycles. The van der Waals surface area contributed by atoms with E-state index < -0.39 is 5.54 Å². The Labute approximate surface area is 196 Å². The van der Waals surface area contributed by atoms with Crippen LogP contribution in [0, 0.1) is 0 Å². The standard InChI is InChI=1S/C26H36N2O3S/c1-7-24(29)28(26(4,5)6)16-25(30)27-14-12-23-21(13-15-32-23)22(27)17-31-20-10-8-19(9-11-20)18(2)3/h8-11,13,15,18,22H,7,12,14,16-17H2,1-6H3/t22-/m0/s1. The van der Waals surface area contributed by atoms with Gasteiger partial charge >= 0.3 is 0 Å². The van der Waals surface area contributed by atoms with Gasteiger partial charge in [0.25, 0.3) is 0 Å². The molecular formula is C26H36N2O3S. The fraction of sp³-hybridized carbons (Fsp3) is 0.538. The Morgan fingerprint density at radius 2 is 1.88 bits per heavy atom. The van der Waals surface area contributed by atoms with E-state index in [1.165, 1.54) is 10.4 Å². The molecule has 0 bridgehead atoms. The highest BCUT2D eigenvalue weighted by molar-refractivity contribution is 7.10. The number of thiophene rings is 1. The Bertz CT molecular complexity index is 927. The lowest BCUT2D eigenvalue weighted by Gasteiger charge is -2.40. The van der Waals surface area contributed by atoms with Crippen molar-refractivity contribution >= 4 is 23.2 Å². The van der Waals surface area contributed by atoms with Gasteiger partial charge in [-0.15, -0.1) is 11.3 Å². The third kappa shape index (κ3) is 5.52. The summed E-state index contributed by atoms with van der Waals surface area (Å²) in [6.45, 7) is 13.2. The van der Waals surface area contributed by atoms with Crippen molar-refractivity contribution in [3.05, 3.63) is 51.7 Å². The lowest BCUT2D eigenvalue weighted by atomic mass is 9.99. The van der Waals surface area contributed by atoms with Crippen LogP contribution in [-0.2, 0) is 16.0 Å². The maximum Gasteiger partial charge on any atom is 0.242 e. The number of carbonyl (C=O) groups is 2. The molecule has 0 unspecified atom stereocenters. The van der Waals surface area contributed by atoms with Crippen LogP contribution < -0.4 is 4.74 Å². The number of benzene rings is 1. The van der Waals surface area contributed by atoms with Gasteiger partial charge in [0.2, 0.25) is 11.8 Å². The summed E-state index contributed by atoms with van der Waals surface area (Å²) >= 11 is 1.74. The zero-order valence-corrected chi connectivity index (χ0v) is 21.0. The molecule has 0 aliphatic carbocycles. The van der Waals surface area contributed by atoms with Crippen molar-refractivity contribution in [1.29, 1.82) is 0 Å². The summed E-state index contributed by atoms with van der Waals surface area (Å²) in [4.78, 5) is 30.9. The van der Waals surface area contributed by atoms with Crippen LogP contribution in [0.15, 0.2) is 35.7 Å². The molecule has 2 heterocycles. The van der Waals surface area contributed by atoms with E-state index in [0.29, 0.717) is 25.5 Å². The van der Waals surface area contributed by atoms with Crippen molar-refractivity contribution in [1.82, 2.24) is 9.80 Å². The van der Waals surface area contributed by atoms with Crippen LogP contribution >= 0.6 is 11.3 Å². The van der Waals surface area contributed by atoms with Gasteiger partial charge in [0, 0.05) is 23.4 Å². The smallest absolute Gasteiger partial charge is 0.242 e. The largest absolute Gasteiger partial charge is 0.491 e. The number of nitrogens with zero attached hydrogens (tertiary/aromatic N) is 2. The molecule has 6 heteroatoms. The number of ether oxygens (including phenoxy) is 1. The van der Waals surface area contributed by atoms with Gasteiger partial charge in [0.1, 0.15) is 18.9 Å². The fourth-order valence-electron chi connectivity index (χ4n) is 4.12. The van der Waals surface area contributed by atoms with E-state index in [4.69, 9.17) is 4.74 Å². The molecule has 32 heavy (non-hydrogen) atoms. The minimum absolute atomic E-state index is 0.00266. The van der Waals surface area contributed by atoms with Gasteiger partial charge in [-0.1, -0.05) is 32.9 Å². The molecule has 3 rings (SSSR count). The minimum atomic E-state index is -0.407. The van der Waals surface area contributed by atoms with E-state index in [-0.39, 0.29) is 24.4 Å². The van der Waals surface area contributed by atoms with Crippen LogP contribution in [0.2, 0.25) is 0 Å². The maximum atomic E-state index is 13.4. The van der Waals surface area contributed by atoms with Crippen molar-refractivity contribution in [3.8, 4) is 5.75 Å². The first-order chi connectivity index (χ1) is 15.1. The summed E-state index contributed by atoms with van der Waals surface area (Å²) in [5, 5.41) is 2.09. The molecule has 5 nitrogen and oxygen atoms in total. The molecule has 1 aromatic carbocycles. The highest BCUT2D eigenvalue weighted by Crippen LogP contribution is 2.34.